The number of hydrogen-bond donors (Lipinski definition) is 0. The molecule has 1 rings (SSSR count). The molecular formula is C8H11IO. The molecule has 1 atom stereocenters. The Hall–Kier alpha value is 0.01000. The summed E-state index contributed by atoms with van der Waals surface area (Å²) in [7, 11) is 0. The first-order valence-electron chi connectivity index (χ1n) is 3.41. The zero-order chi connectivity index (χ0) is 7.40. The van der Waals surface area contributed by atoms with Crippen molar-refractivity contribution in [3.05, 3.63) is 24.2 Å². The molecule has 0 aromatic carbocycles. The van der Waals surface area contributed by atoms with Gasteiger partial charge in [0.25, 0.3) is 0 Å². The van der Waals surface area contributed by atoms with Crippen LogP contribution >= 0.6 is 22.6 Å². The van der Waals surface area contributed by atoms with Crippen LogP contribution in [0.2, 0.25) is 0 Å². The monoisotopic (exact) mass is 250 g/mol. The average molecular weight is 250 g/mol. The van der Waals surface area contributed by atoms with Crippen LogP contribution in [0.15, 0.2) is 22.8 Å². The third-order valence-corrected chi connectivity index (χ3v) is 2.90. The highest BCUT2D eigenvalue weighted by Gasteiger charge is 2.02. The molecule has 0 radical (unpaired) electrons. The molecule has 10 heavy (non-hydrogen) atoms. The number of rotatable bonds is 3. The Bertz CT molecular complexity index is 169. The fourth-order valence-electron chi connectivity index (χ4n) is 0.827. The van der Waals surface area contributed by atoms with Gasteiger partial charge in [0, 0.05) is 10.8 Å². The fourth-order valence-corrected chi connectivity index (χ4v) is 1.14. The molecule has 1 heterocycles. The summed E-state index contributed by atoms with van der Waals surface area (Å²) in [5, 5.41) is 0. The van der Waals surface area contributed by atoms with Crippen molar-refractivity contribution in [2.24, 2.45) is 5.92 Å². The third kappa shape index (κ3) is 2.33. The molecule has 0 saturated carbocycles. The highest BCUT2D eigenvalue weighted by molar-refractivity contribution is 14.1. The Labute approximate surface area is 74.9 Å². The van der Waals surface area contributed by atoms with Crippen LogP contribution < -0.4 is 0 Å². The molecule has 1 aromatic heterocycles. The highest BCUT2D eigenvalue weighted by atomic mass is 127. The van der Waals surface area contributed by atoms with Crippen LogP contribution in [0.25, 0.3) is 0 Å². The SMILES string of the molecule is CC(CI)Cc1ccco1. The Morgan fingerprint density at radius 3 is 3.00 bits per heavy atom. The summed E-state index contributed by atoms with van der Waals surface area (Å²) in [5.74, 6) is 1.83. The van der Waals surface area contributed by atoms with Crippen LogP contribution in [0.3, 0.4) is 0 Å². The van der Waals surface area contributed by atoms with Crippen molar-refractivity contribution in [3.63, 3.8) is 0 Å². The Balaban J connectivity index is 2.40. The van der Waals surface area contributed by atoms with E-state index < -0.39 is 0 Å². The van der Waals surface area contributed by atoms with Crippen molar-refractivity contribution < 1.29 is 4.42 Å². The molecule has 0 amide bonds. The van der Waals surface area contributed by atoms with E-state index in [1.165, 1.54) is 4.43 Å². The van der Waals surface area contributed by atoms with Gasteiger partial charge in [0.2, 0.25) is 0 Å². The zero-order valence-electron chi connectivity index (χ0n) is 6.01. The molecule has 0 N–H and O–H groups in total. The molecule has 1 aromatic rings. The first kappa shape index (κ1) is 8.11. The molecule has 0 aliphatic rings. The topological polar surface area (TPSA) is 13.1 Å². The number of halogens is 1. The molecular weight excluding hydrogens is 239 g/mol. The van der Waals surface area contributed by atoms with Gasteiger partial charge in [0.15, 0.2) is 0 Å². The van der Waals surface area contributed by atoms with Crippen molar-refractivity contribution in [2.45, 2.75) is 13.3 Å². The first-order valence-corrected chi connectivity index (χ1v) is 4.94. The van der Waals surface area contributed by atoms with Crippen molar-refractivity contribution in [1.29, 1.82) is 0 Å². The van der Waals surface area contributed by atoms with Gasteiger partial charge in [-0.25, -0.2) is 0 Å². The number of alkyl halides is 1. The lowest BCUT2D eigenvalue weighted by molar-refractivity contribution is 0.477. The Kier molecular flexibility index (Phi) is 3.25. The molecule has 1 nitrogen and oxygen atoms in total. The molecule has 2 heteroatoms. The summed E-state index contributed by atoms with van der Waals surface area (Å²) in [5.41, 5.74) is 0. The largest absolute Gasteiger partial charge is 0.469 e. The summed E-state index contributed by atoms with van der Waals surface area (Å²) in [4.78, 5) is 0. The molecule has 1 unspecified atom stereocenters. The van der Waals surface area contributed by atoms with E-state index in [0.717, 1.165) is 18.1 Å². The maximum absolute atomic E-state index is 5.20. The standard InChI is InChI=1S/C8H11IO/c1-7(6-9)5-8-3-2-4-10-8/h2-4,7H,5-6H2,1H3. The summed E-state index contributed by atoms with van der Waals surface area (Å²) >= 11 is 2.40. The van der Waals surface area contributed by atoms with E-state index in [2.05, 4.69) is 29.5 Å². The van der Waals surface area contributed by atoms with Crippen molar-refractivity contribution in [2.75, 3.05) is 4.43 Å². The highest BCUT2D eigenvalue weighted by Crippen LogP contribution is 2.10. The van der Waals surface area contributed by atoms with Crippen LogP contribution in [0.1, 0.15) is 12.7 Å². The van der Waals surface area contributed by atoms with E-state index in [1.54, 1.807) is 6.26 Å². The van der Waals surface area contributed by atoms with E-state index >= 15 is 0 Å². The predicted molar refractivity (Wildman–Crippen MR) is 50.5 cm³/mol. The second-order valence-electron chi connectivity index (χ2n) is 2.54. The van der Waals surface area contributed by atoms with Gasteiger partial charge in [-0.15, -0.1) is 0 Å². The molecule has 0 spiro atoms. The Morgan fingerprint density at radius 1 is 1.70 bits per heavy atom. The normalized spacial score (nSPS) is 13.4. The van der Waals surface area contributed by atoms with Gasteiger partial charge < -0.3 is 4.42 Å². The molecule has 0 fully saturated rings. The van der Waals surface area contributed by atoms with Crippen LogP contribution in [0.4, 0.5) is 0 Å². The fraction of sp³-hybridized carbons (Fsp3) is 0.500. The Morgan fingerprint density at radius 2 is 2.50 bits per heavy atom. The molecule has 0 aliphatic carbocycles. The molecule has 0 aliphatic heterocycles. The van der Waals surface area contributed by atoms with Crippen LogP contribution in [-0.4, -0.2) is 4.43 Å². The van der Waals surface area contributed by atoms with E-state index in [-0.39, 0.29) is 0 Å². The smallest absolute Gasteiger partial charge is 0.104 e. The maximum Gasteiger partial charge on any atom is 0.104 e. The summed E-state index contributed by atoms with van der Waals surface area (Å²) in [6, 6.07) is 3.97. The van der Waals surface area contributed by atoms with Crippen molar-refractivity contribution in [1.82, 2.24) is 0 Å². The number of hydrogen-bond acceptors (Lipinski definition) is 1. The van der Waals surface area contributed by atoms with Crippen LogP contribution in [0, 0.1) is 5.92 Å². The van der Waals surface area contributed by atoms with Gasteiger partial charge in [-0.1, -0.05) is 29.5 Å². The minimum absolute atomic E-state index is 0.728. The second kappa shape index (κ2) is 4.01. The van der Waals surface area contributed by atoms with Crippen LogP contribution in [-0.2, 0) is 6.42 Å². The van der Waals surface area contributed by atoms with Gasteiger partial charge in [0.05, 0.1) is 6.26 Å². The van der Waals surface area contributed by atoms with E-state index in [1.807, 2.05) is 12.1 Å². The minimum Gasteiger partial charge on any atom is -0.469 e. The average Bonchev–Trinajstić information content (AvgIpc) is 2.40. The lowest BCUT2D eigenvalue weighted by atomic mass is 10.1. The predicted octanol–water partition coefficient (Wildman–Crippen LogP) is 2.89. The van der Waals surface area contributed by atoms with Gasteiger partial charge >= 0.3 is 0 Å². The van der Waals surface area contributed by atoms with E-state index in [4.69, 9.17) is 4.42 Å². The lowest BCUT2D eigenvalue weighted by Gasteiger charge is -2.02. The van der Waals surface area contributed by atoms with Crippen LogP contribution in [0.5, 0.6) is 0 Å². The minimum atomic E-state index is 0.728. The van der Waals surface area contributed by atoms with Crippen molar-refractivity contribution in [3.8, 4) is 0 Å². The molecule has 0 bridgehead atoms. The third-order valence-electron chi connectivity index (χ3n) is 1.39. The van der Waals surface area contributed by atoms with Crippen molar-refractivity contribution >= 4 is 22.6 Å². The first-order chi connectivity index (χ1) is 4.83. The quantitative estimate of drug-likeness (QED) is 0.593. The van der Waals surface area contributed by atoms with Gasteiger partial charge in [0.1, 0.15) is 5.76 Å². The number of furan rings is 1. The maximum atomic E-state index is 5.20. The van der Waals surface area contributed by atoms with Gasteiger partial charge in [-0.3, -0.25) is 0 Å². The molecule has 0 saturated heterocycles. The van der Waals surface area contributed by atoms with E-state index in [0.29, 0.717) is 0 Å². The van der Waals surface area contributed by atoms with E-state index in [9.17, 15) is 0 Å². The zero-order valence-corrected chi connectivity index (χ0v) is 8.17. The second-order valence-corrected chi connectivity index (χ2v) is 3.42. The summed E-state index contributed by atoms with van der Waals surface area (Å²) in [6.45, 7) is 2.23. The lowest BCUT2D eigenvalue weighted by Crippen LogP contribution is -1.98. The van der Waals surface area contributed by atoms with Gasteiger partial charge in [-0.2, -0.15) is 0 Å². The van der Waals surface area contributed by atoms with Gasteiger partial charge in [-0.05, 0) is 18.1 Å². The molecule has 56 valence electrons. The summed E-state index contributed by atoms with van der Waals surface area (Å²) < 4.78 is 6.40. The summed E-state index contributed by atoms with van der Waals surface area (Å²) in [6.07, 6.45) is 2.80.